The van der Waals surface area contributed by atoms with Crippen LogP contribution in [0.4, 0.5) is 0 Å². The fraction of sp³-hybridized carbons (Fsp3) is 1.00. The molecular weight excluding hydrogens is 444 g/mol. The second kappa shape index (κ2) is 11.2. The molecule has 0 amide bonds. The molecule has 3 heteroatoms. The van der Waals surface area contributed by atoms with Gasteiger partial charge in [0.05, 0.1) is 18.3 Å². The smallest absolute Gasteiger partial charge is 0.0540 e. The van der Waals surface area contributed by atoms with Gasteiger partial charge in [-0.1, -0.05) is 41.5 Å². The molecule has 3 nitrogen and oxygen atoms in total. The summed E-state index contributed by atoms with van der Waals surface area (Å²) in [6, 6.07) is 0. The highest BCUT2D eigenvalue weighted by Crippen LogP contribution is 2.60. The standard InChI is InChI=1S/C33H60O3/c1-31(2,22-7-13-28(34)14-8-22)25-19-26(32(3,4)23-9-15-29(35)16-10-23)21-27(20-25)33(5,6)24-11-17-30(36)18-12-24/h22-30,34-36H,7-21H2,1-6H3. The van der Waals surface area contributed by atoms with Crippen LogP contribution in [-0.4, -0.2) is 33.6 Å². The maximum absolute atomic E-state index is 10.2. The average Bonchev–Trinajstić information content (AvgIpc) is 2.84. The second-order valence-electron chi connectivity index (χ2n) is 15.8. The van der Waals surface area contributed by atoms with Crippen molar-refractivity contribution in [2.24, 2.45) is 51.8 Å². The van der Waals surface area contributed by atoms with E-state index in [-0.39, 0.29) is 18.3 Å². The molecule has 0 aromatic rings. The maximum atomic E-state index is 10.2. The molecule has 0 radical (unpaired) electrons. The lowest BCUT2D eigenvalue weighted by atomic mass is 9.49. The summed E-state index contributed by atoms with van der Waals surface area (Å²) in [4.78, 5) is 0. The van der Waals surface area contributed by atoms with Crippen LogP contribution in [0, 0.1) is 51.8 Å². The third-order valence-electron chi connectivity index (χ3n) is 13.1. The molecule has 4 saturated carbocycles. The van der Waals surface area contributed by atoms with E-state index in [4.69, 9.17) is 0 Å². The van der Waals surface area contributed by atoms with Crippen LogP contribution >= 0.6 is 0 Å². The molecule has 4 fully saturated rings. The van der Waals surface area contributed by atoms with Gasteiger partial charge in [0, 0.05) is 0 Å². The molecule has 0 spiro atoms. The lowest BCUT2D eigenvalue weighted by Crippen LogP contribution is -2.48. The normalized spacial score (nSPS) is 41.8. The van der Waals surface area contributed by atoms with Crippen LogP contribution in [0.15, 0.2) is 0 Å². The highest BCUT2D eigenvalue weighted by atomic mass is 16.3. The van der Waals surface area contributed by atoms with E-state index < -0.39 is 0 Å². The summed E-state index contributed by atoms with van der Waals surface area (Å²) in [5.74, 6) is 4.40. The second-order valence-corrected chi connectivity index (χ2v) is 15.8. The zero-order chi connectivity index (χ0) is 26.3. The molecule has 4 rings (SSSR count). The van der Waals surface area contributed by atoms with Crippen molar-refractivity contribution in [3.05, 3.63) is 0 Å². The first-order valence-corrected chi connectivity index (χ1v) is 15.9. The zero-order valence-electron chi connectivity index (χ0n) is 24.6. The first-order chi connectivity index (χ1) is 16.8. The van der Waals surface area contributed by atoms with Crippen LogP contribution in [0.5, 0.6) is 0 Å². The molecule has 0 aliphatic heterocycles. The third kappa shape index (κ3) is 6.04. The summed E-state index contributed by atoms with van der Waals surface area (Å²) in [6.45, 7) is 15.5. The SMILES string of the molecule is CC(C)(C1CCC(O)CC1)C1CC(C(C)(C)C2CCC(O)CC2)CC(C(C)(C)C2CCC(O)CC2)C1. The van der Waals surface area contributed by atoms with Gasteiger partial charge in [0.2, 0.25) is 0 Å². The molecule has 3 N–H and O–H groups in total. The first-order valence-electron chi connectivity index (χ1n) is 15.9. The Morgan fingerprint density at radius 3 is 0.722 bits per heavy atom. The fourth-order valence-electron chi connectivity index (χ4n) is 9.60. The van der Waals surface area contributed by atoms with Gasteiger partial charge in [-0.05, 0) is 148 Å². The van der Waals surface area contributed by atoms with Gasteiger partial charge in [-0.2, -0.15) is 0 Å². The number of rotatable bonds is 6. The Morgan fingerprint density at radius 2 is 0.528 bits per heavy atom. The van der Waals surface area contributed by atoms with Crippen LogP contribution in [0.3, 0.4) is 0 Å². The van der Waals surface area contributed by atoms with Gasteiger partial charge in [0.1, 0.15) is 0 Å². The fourth-order valence-corrected chi connectivity index (χ4v) is 9.60. The Labute approximate surface area is 223 Å². The number of aliphatic hydroxyl groups is 3. The molecular formula is C33H60O3. The van der Waals surface area contributed by atoms with Crippen LogP contribution < -0.4 is 0 Å². The topological polar surface area (TPSA) is 60.7 Å². The zero-order valence-corrected chi connectivity index (χ0v) is 24.6. The molecule has 0 unspecified atom stereocenters. The van der Waals surface area contributed by atoms with E-state index in [1.807, 2.05) is 0 Å². The van der Waals surface area contributed by atoms with Gasteiger partial charge in [-0.15, -0.1) is 0 Å². The summed E-state index contributed by atoms with van der Waals surface area (Å²) in [5, 5.41) is 30.6. The van der Waals surface area contributed by atoms with Crippen LogP contribution in [0.1, 0.15) is 138 Å². The van der Waals surface area contributed by atoms with Crippen molar-refractivity contribution in [3.8, 4) is 0 Å². The minimum absolute atomic E-state index is 0.0786. The van der Waals surface area contributed by atoms with Crippen molar-refractivity contribution in [2.75, 3.05) is 0 Å². The first kappa shape index (κ1) is 28.9. The minimum Gasteiger partial charge on any atom is -0.393 e. The monoisotopic (exact) mass is 504 g/mol. The van der Waals surface area contributed by atoms with Crippen LogP contribution in [-0.2, 0) is 0 Å². The lowest BCUT2D eigenvalue weighted by molar-refractivity contribution is -0.0759. The van der Waals surface area contributed by atoms with Gasteiger partial charge in [0.25, 0.3) is 0 Å². The Morgan fingerprint density at radius 1 is 0.333 bits per heavy atom. The van der Waals surface area contributed by atoms with Crippen molar-refractivity contribution in [1.29, 1.82) is 0 Å². The van der Waals surface area contributed by atoms with E-state index in [0.717, 1.165) is 74.0 Å². The predicted molar refractivity (Wildman–Crippen MR) is 150 cm³/mol. The van der Waals surface area contributed by atoms with E-state index in [1.54, 1.807) is 0 Å². The van der Waals surface area contributed by atoms with Gasteiger partial charge in [-0.3, -0.25) is 0 Å². The van der Waals surface area contributed by atoms with Crippen molar-refractivity contribution < 1.29 is 15.3 Å². The van der Waals surface area contributed by atoms with E-state index >= 15 is 0 Å². The molecule has 0 atom stereocenters. The third-order valence-corrected chi connectivity index (χ3v) is 13.1. The van der Waals surface area contributed by atoms with E-state index in [2.05, 4.69) is 41.5 Å². The van der Waals surface area contributed by atoms with Gasteiger partial charge in [-0.25, -0.2) is 0 Å². The molecule has 4 aliphatic carbocycles. The average molecular weight is 505 g/mol. The molecule has 36 heavy (non-hydrogen) atoms. The van der Waals surface area contributed by atoms with Crippen molar-refractivity contribution in [3.63, 3.8) is 0 Å². The molecule has 0 heterocycles. The van der Waals surface area contributed by atoms with Gasteiger partial charge >= 0.3 is 0 Å². The maximum Gasteiger partial charge on any atom is 0.0540 e. The summed E-state index contributed by atoms with van der Waals surface area (Å²) in [7, 11) is 0. The molecule has 210 valence electrons. The van der Waals surface area contributed by atoms with Crippen LogP contribution in [0.2, 0.25) is 0 Å². The van der Waals surface area contributed by atoms with E-state index in [1.165, 1.54) is 57.8 Å². The molecule has 0 bridgehead atoms. The van der Waals surface area contributed by atoms with Gasteiger partial charge < -0.3 is 15.3 Å². The lowest BCUT2D eigenvalue weighted by Gasteiger charge is -2.56. The summed E-state index contributed by atoms with van der Waals surface area (Å²) >= 11 is 0. The molecule has 4 aliphatic rings. The number of hydrogen-bond donors (Lipinski definition) is 3. The summed E-state index contributed by atoms with van der Waals surface area (Å²) in [6.07, 6.45) is 16.9. The Kier molecular flexibility index (Phi) is 8.96. The van der Waals surface area contributed by atoms with Crippen molar-refractivity contribution in [1.82, 2.24) is 0 Å². The predicted octanol–water partition coefficient (Wildman–Crippen LogP) is 7.75. The Balaban J connectivity index is 1.58. The van der Waals surface area contributed by atoms with E-state index in [9.17, 15) is 15.3 Å². The quantitative estimate of drug-likeness (QED) is 0.346. The Hall–Kier alpha value is -0.120. The van der Waals surface area contributed by atoms with E-state index in [0.29, 0.717) is 16.2 Å². The number of hydrogen-bond acceptors (Lipinski definition) is 3. The van der Waals surface area contributed by atoms with Crippen molar-refractivity contribution >= 4 is 0 Å². The number of aliphatic hydroxyl groups excluding tert-OH is 3. The summed E-state index contributed by atoms with van der Waals surface area (Å²) in [5.41, 5.74) is 0.943. The Bertz CT molecular complexity index is 587. The van der Waals surface area contributed by atoms with Crippen LogP contribution in [0.25, 0.3) is 0 Å². The largest absolute Gasteiger partial charge is 0.393 e. The van der Waals surface area contributed by atoms with Crippen molar-refractivity contribution in [2.45, 2.75) is 156 Å². The summed E-state index contributed by atoms with van der Waals surface area (Å²) < 4.78 is 0. The molecule has 0 saturated heterocycles. The van der Waals surface area contributed by atoms with Gasteiger partial charge in [0.15, 0.2) is 0 Å². The molecule has 0 aromatic carbocycles. The minimum atomic E-state index is -0.0786. The highest BCUT2D eigenvalue weighted by molar-refractivity contribution is 5.01. The highest BCUT2D eigenvalue weighted by Gasteiger charge is 2.51. The molecule has 0 aromatic heterocycles.